The Kier molecular flexibility index (Phi) is 7.33. The van der Waals surface area contributed by atoms with Crippen molar-refractivity contribution < 1.29 is 0 Å². The van der Waals surface area contributed by atoms with Crippen molar-refractivity contribution in [2.45, 2.75) is 0 Å². The minimum Gasteiger partial charge on any atom is -0.399 e. The van der Waals surface area contributed by atoms with Gasteiger partial charge in [0, 0.05) is 28.4 Å². The Bertz CT molecular complexity index is 1650. The highest BCUT2D eigenvalue weighted by atomic mass is 15.1. The van der Waals surface area contributed by atoms with E-state index >= 15 is 0 Å². The quantitative estimate of drug-likeness (QED) is 0.160. The van der Waals surface area contributed by atoms with E-state index in [0.29, 0.717) is 0 Å². The minimum atomic E-state index is 0.735. The van der Waals surface area contributed by atoms with Gasteiger partial charge in [0.1, 0.15) is 0 Å². The van der Waals surface area contributed by atoms with Crippen molar-refractivity contribution in [3.8, 4) is 11.1 Å². The molecule has 0 amide bonds. The van der Waals surface area contributed by atoms with E-state index < -0.39 is 0 Å². The highest BCUT2D eigenvalue weighted by Crippen LogP contribution is 2.36. The van der Waals surface area contributed by atoms with E-state index in [1.807, 2.05) is 48.5 Å². The summed E-state index contributed by atoms with van der Waals surface area (Å²) in [5, 5.41) is 0. The summed E-state index contributed by atoms with van der Waals surface area (Å²) in [6, 6.07) is 54.3. The average Bonchev–Trinajstić information content (AvgIpc) is 3.03. The number of benzene rings is 6. The SMILES string of the molecule is Nc1ccc(N(c2ccc(N)cc2)c2ccc(-c3ccc(C=C(c4ccccc4)c4ccccc4)cc3)cc2)cc1. The third-order valence-electron chi connectivity index (χ3n) is 7.15. The summed E-state index contributed by atoms with van der Waals surface area (Å²) in [5.74, 6) is 0. The Balaban J connectivity index is 1.30. The second kappa shape index (κ2) is 11.7. The van der Waals surface area contributed by atoms with Gasteiger partial charge in [-0.2, -0.15) is 0 Å². The van der Waals surface area contributed by atoms with Gasteiger partial charge in [-0.1, -0.05) is 97.1 Å². The van der Waals surface area contributed by atoms with E-state index in [2.05, 4.69) is 120 Å². The molecule has 0 heterocycles. The Labute approximate surface area is 241 Å². The van der Waals surface area contributed by atoms with Crippen LogP contribution in [0.1, 0.15) is 16.7 Å². The predicted molar refractivity (Wildman–Crippen MR) is 175 cm³/mol. The lowest BCUT2D eigenvalue weighted by Crippen LogP contribution is -2.10. The Morgan fingerprint density at radius 2 is 0.780 bits per heavy atom. The standard InChI is InChI=1S/C38H31N3/c39-33-17-23-36(24-18-33)41(37-25-19-34(40)20-26-37)35-21-15-30(16-22-35)29-13-11-28(12-14-29)27-38(31-7-3-1-4-8-31)32-9-5-2-6-10-32/h1-27H,39-40H2. The zero-order valence-electron chi connectivity index (χ0n) is 22.7. The number of hydrogen-bond acceptors (Lipinski definition) is 3. The predicted octanol–water partition coefficient (Wildman–Crippen LogP) is 9.58. The molecule has 0 saturated carbocycles. The van der Waals surface area contributed by atoms with E-state index in [1.165, 1.54) is 22.3 Å². The molecule has 0 aliphatic heterocycles. The van der Waals surface area contributed by atoms with E-state index in [1.54, 1.807) is 0 Å². The highest BCUT2D eigenvalue weighted by Gasteiger charge is 2.13. The summed E-state index contributed by atoms with van der Waals surface area (Å²) in [6.07, 6.45) is 2.26. The Morgan fingerprint density at radius 1 is 0.415 bits per heavy atom. The fourth-order valence-electron chi connectivity index (χ4n) is 5.00. The fraction of sp³-hybridized carbons (Fsp3) is 0. The van der Waals surface area contributed by atoms with Gasteiger partial charge in [0.05, 0.1) is 0 Å². The van der Waals surface area contributed by atoms with Crippen molar-refractivity contribution >= 4 is 40.1 Å². The molecule has 6 aromatic rings. The average molecular weight is 530 g/mol. The van der Waals surface area contributed by atoms with E-state index in [4.69, 9.17) is 11.5 Å². The van der Waals surface area contributed by atoms with Gasteiger partial charge in [-0.05, 0) is 100 Å². The molecule has 6 aromatic carbocycles. The molecule has 0 fully saturated rings. The maximum Gasteiger partial charge on any atom is 0.0463 e. The summed E-state index contributed by atoms with van der Waals surface area (Å²) in [7, 11) is 0. The van der Waals surface area contributed by atoms with Crippen LogP contribution in [0, 0.1) is 0 Å². The number of hydrogen-bond donors (Lipinski definition) is 2. The third kappa shape index (κ3) is 5.90. The van der Waals surface area contributed by atoms with Gasteiger partial charge in [-0.25, -0.2) is 0 Å². The topological polar surface area (TPSA) is 55.3 Å². The van der Waals surface area contributed by atoms with Crippen molar-refractivity contribution in [2.75, 3.05) is 16.4 Å². The van der Waals surface area contributed by atoms with Crippen LogP contribution in [-0.4, -0.2) is 0 Å². The number of rotatable bonds is 7. The summed E-state index contributed by atoms with van der Waals surface area (Å²) >= 11 is 0. The lowest BCUT2D eigenvalue weighted by Gasteiger charge is -2.26. The molecule has 6 rings (SSSR count). The molecule has 0 atom stereocenters. The molecule has 0 aliphatic rings. The van der Waals surface area contributed by atoms with Crippen LogP contribution >= 0.6 is 0 Å². The molecule has 0 aromatic heterocycles. The monoisotopic (exact) mass is 529 g/mol. The fourth-order valence-corrected chi connectivity index (χ4v) is 5.00. The Hall–Kier alpha value is -5.54. The molecule has 0 saturated heterocycles. The zero-order valence-corrected chi connectivity index (χ0v) is 22.7. The van der Waals surface area contributed by atoms with Gasteiger partial charge in [0.15, 0.2) is 0 Å². The molecule has 3 heteroatoms. The summed E-state index contributed by atoms with van der Waals surface area (Å²) in [5.41, 5.74) is 23.6. The third-order valence-corrected chi connectivity index (χ3v) is 7.15. The largest absolute Gasteiger partial charge is 0.399 e. The molecular weight excluding hydrogens is 498 g/mol. The maximum absolute atomic E-state index is 5.97. The number of anilines is 5. The number of nitrogens with two attached hydrogens (primary N) is 2. The van der Waals surface area contributed by atoms with Gasteiger partial charge >= 0.3 is 0 Å². The number of nitrogen functional groups attached to an aromatic ring is 2. The van der Waals surface area contributed by atoms with Crippen molar-refractivity contribution in [3.63, 3.8) is 0 Å². The van der Waals surface area contributed by atoms with Crippen LogP contribution in [0.4, 0.5) is 28.4 Å². The minimum absolute atomic E-state index is 0.735. The van der Waals surface area contributed by atoms with Crippen molar-refractivity contribution in [3.05, 3.63) is 174 Å². The van der Waals surface area contributed by atoms with Gasteiger partial charge < -0.3 is 16.4 Å². The molecule has 0 spiro atoms. The van der Waals surface area contributed by atoms with E-state index in [-0.39, 0.29) is 0 Å². The molecule has 41 heavy (non-hydrogen) atoms. The van der Waals surface area contributed by atoms with Crippen LogP contribution in [0.25, 0.3) is 22.8 Å². The van der Waals surface area contributed by atoms with Crippen LogP contribution in [0.5, 0.6) is 0 Å². The highest BCUT2D eigenvalue weighted by molar-refractivity contribution is 5.91. The summed E-state index contributed by atoms with van der Waals surface area (Å²) in [4.78, 5) is 2.20. The van der Waals surface area contributed by atoms with Gasteiger partial charge in [-0.3, -0.25) is 0 Å². The van der Waals surface area contributed by atoms with Crippen LogP contribution < -0.4 is 16.4 Å². The van der Waals surface area contributed by atoms with Gasteiger partial charge in [-0.15, -0.1) is 0 Å². The molecule has 0 radical (unpaired) electrons. The van der Waals surface area contributed by atoms with Crippen LogP contribution in [0.3, 0.4) is 0 Å². The van der Waals surface area contributed by atoms with Crippen molar-refractivity contribution in [1.82, 2.24) is 0 Å². The summed E-state index contributed by atoms with van der Waals surface area (Å²) < 4.78 is 0. The molecule has 0 bridgehead atoms. The van der Waals surface area contributed by atoms with E-state index in [0.717, 1.165) is 39.6 Å². The lowest BCUT2D eigenvalue weighted by molar-refractivity contribution is 1.28. The van der Waals surface area contributed by atoms with Crippen molar-refractivity contribution in [2.24, 2.45) is 0 Å². The Morgan fingerprint density at radius 3 is 1.20 bits per heavy atom. The molecular formula is C38H31N3. The molecule has 3 nitrogen and oxygen atoms in total. The first-order valence-corrected chi connectivity index (χ1v) is 13.7. The molecule has 0 aliphatic carbocycles. The van der Waals surface area contributed by atoms with Crippen LogP contribution in [0.2, 0.25) is 0 Å². The van der Waals surface area contributed by atoms with Crippen LogP contribution in [-0.2, 0) is 0 Å². The van der Waals surface area contributed by atoms with Gasteiger partial charge in [0.2, 0.25) is 0 Å². The molecule has 198 valence electrons. The first kappa shape index (κ1) is 25.7. The maximum atomic E-state index is 5.97. The normalized spacial score (nSPS) is 10.6. The smallest absolute Gasteiger partial charge is 0.0463 e. The molecule has 0 unspecified atom stereocenters. The first-order chi connectivity index (χ1) is 20.1. The van der Waals surface area contributed by atoms with Gasteiger partial charge in [0.25, 0.3) is 0 Å². The zero-order chi connectivity index (χ0) is 28.0. The lowest BCUT2D eigenvalue weighted by atomic mass is 9.95. The van der Waals surface area contributed by atoms with Crippen molar-refractivity contribution in [1.29, 1.82) is 0 Å². The second-order valence-electron chi connectivity index (χ2n) is 9.98. The number of nitrogens with zero attached hydrogens (tertiary/aromatic N) is 1. The first-order valence-electron chi connectivity index (χ1n) is 13.7. The van der Waals surface area contributed by atoms with E-state index in [9.17, 15) is 0 Å². The van der Waals surface area contributed by atoms with Crippen LogP contribution in [0.15, 0.2) is 158 Å². The molecule has 4 N–H and O–H groups in total. The summed E-state index contributed by atoms with van der Waals surface area (Å²) in [6.45, 7) is 0. The second-order valence-corrected chi connectivity index (χ2v) is 9.98.